The first-order chi connectivity index (χ1) is 12.0. The monoisotopic (exact) mass is 360 g/mol. The van der Waals surface area contributed by atoms with Crippen LogP contribution in [0.15, 0.2) is 36.4 Å². The van der Waals surface area contributed by atoms with Crippen LogP contribution in [0.2, 0.25) is 0 Å². The second kappa shape index (κ2) is 9.34. The number of hydrogen-bond acceptors (Lipinski definition) is 5. The summed E-state index contributed by atoms with van der Waals surface area (Å²) in [6.45, 7) is 6.33. The van der Waals surface area contributed by atoms with Crippen molar-refractivity contribution in [3.8, 4) is 10.4 Å². The van der Waals surface area contributed by atoms with E-state index in [9.17, 15) is 9.59 Å². The lowest BCUT2D eigenvalue weighted by Crippen LogP contribution is -2.34. The molecule has 2 rings (SSSR count). The number of carbonyl (C=O) groups excluding carboxylic acids is 2. The zero-order valence-electron chi connectivity index (χ0n) is 14.8. The van der Waals surface area contributed by atoms with Gasteiger partial charge >= 0.3 is 5.97 Å². The maximum atomic E-state index is 12.2. The number of nitrogens with one attached hydrogen (secondary N) is 2. The summed E-state index contributed by atoms with van der Waals surface area (Å²) in [5.41, 5.74) is 1.39. The molecule has 0 spiro atoms. The highest BCUT2D eigenvalue weighted by molar-refractivity contribution is 7.20. The highest BCUT2D eigenvalue weighted by Gasteiger charge is 2.19. The van der Waals surface area contributed by atoms with E-state index in [1.165, 1.54) is 11.3 Å². The number of esters is 1. The molecule has 25 heavy (non-hydrogen) atoms. The standard InChI is InChI=1S/C19H24N2O3S/c1-4-13(3)20-12-17(22)21-18-15(19(23)24-5-2)11-16(25-18)14-9-7-6-8-10-14/h6-11,13,20H,4-5,12H2,1-3H3,(H,21,22). The Hall–Kier alpha value is -2.18. The molecule has 0 saturated carbocycles. The molecule has 1 unspecified atom stereocenters. The average molecular weight is 360 g/mol. The molecule has 0 saturated heterocycles. The van der Waals surface area contributed by atoms with E-state index in [-0.39, 0.29) is 25.1 Å². The zero-order valence-corrected chi connectivity index (χ0v) is 15.6. The molecule has 1 heterocycles. The maximum absolute atomic E-state index is 12.2. The molecule has 1 atom stereocenters. The molecule has 1 aromatic carbocycles. The van der Waals surface area contributed by atoms with Crippen LogP contribution in [0.3, 0.4) is 0 Å². The van der Waals surface area contributed by atoms with Crippen LogP contribution < -0.4 is 10.6 Å². The maximum Gasteiger partial charge on any atom is 0.341 e. The number of hydrogen-bond donors (Lipinski definition) is 2. The smallest absolute Gasteiger partial charge is 0.341 e. The van der Waals surface area contributed by atoms with Gasteiger partial charge < -0.3 is 15.4 Å². The predicted octanol–water partition coefficient (Wildman–Crippen LogP) is 3.92. The molecule has 0 fully saturated rings. The molecule has 0 aliphatic rings. The number of ether oxygens (including phenoxy) is 1. The van der Waals surface area contributed by atoms with Gasteiger partial charge in [0.1, 0.15) is 5.00 Å². The normalized spacial score (nSPS) is 11.8. The minimum absolute atomic E-state index is 0.174. The Morgan fingerprint density at radius 3 is 2.56 bits per heavy atom. The van der Waals surface area contributed by atoms with Crippen LogP contribution in [0.25, 0.3) is 10.4 Å². The number of thiophene rings is 1. The van der Waals surface area contributed by atoms with Crippen molar-refractivity contribution in [1.82, 2.24) is 5.32 Å². The molecule has 1 amide bonds. The van der Waals surface area contributed by atoms with Crippen molar-refractivity contribution in [3.63, 3.8) is 0 Å². The molecule has 2 aromatic rings. The predicted molar refractivity (Wildman–Crippen MR) is 102 cm³/mol. The van der Waals surface area contributed by atoms with Crippen molar-refractivity contribution >= 4 is 28.2 Å². The van der Waals surface area contributed by atoms with Crippen LogP contribution in [0.5, 0.6) is 0 Å². The summed E-state index contributed by atoms with van der Waals surface area (Å²) in [7, 11) is 0. The molecule has 0 radical (unpaired) electrons. The van der Waals surface area contributed by atoms with Gasteiger partial charge in [0, 0.05) is 10.9 Å². The van der Waals surface area contributed by atoms with E-state index in [1.54, 1.807) is 13.0 Å². The first-order valence-electron chi connectivity index (χ1n) is 8.44. The first-order valence-corrected chi connectivity index (χ1v) is 9.26. The molecular formula is C19H24N2O3S. The third kappa shape index (κ3) is 5.41. The van der Waals surface area contributed by atoms with Gasteiger partial charge in [0.25, 0.3) is 0 Å². The van der Waals surface area contributed by atoms with Gasteiger partial charge in [-0.05, 0) is 31.9 Å². The molecule has 0 bridgehead atoms. The van der Waals surface area contributed by atoms with Crippen molar-refractivity contribution < 1.29 is 14.3 Å². The van der Waals surface area contributed by atoms with Crippen LogP contribution in [-0.2, 0) is 9.53 Å². The van der Waals surface area contributed by atoms with Gasteiger partial charge in [-0.3, -0.25) is 4.79 Å². The van der Waals surface area contributed by atoms with Gasteiger partial charge in [-0.15, -0.1) is 11.3 Å². The van der Waals surface area contributed by atoms with Crippen LogP contribution in [0.1, 0.15) is 37.6 Å². The largest absolute Gasteiger partial charge is 0.462 e. The van der Waals surface area contributed by atoms with E-state index in [0.29, 0.717) is 10.6 Å². The van der Waals surface area contributed by atoms with Crippen molar-refractivity contribution in [3.05, 3.63) is 42.0 Å². The van der Waals surface area contributed by atoms with Crippen LogP contribution in [0, 0.1) is 0 Å². The van der Waals surface area contributed by atoms with Gasteiger partial charge in [-0.1, -0.05) is 37.3 Å². The second-order valence-electron chi connectivity index (χ2n) is 5.68. The first kappa shape index (κ1) is 19.1. The summed E-state index contributed by atoms with van der Waals surface area (Å²) in [6.07, 6.45) is 0.943. The summed E-state index contributed by atoms with van der Waals surface area (Å²) >= 11 is 1.37. The summed E-state index contributed by atoms with van der Waals surface area (Å²) in [6, 6.07) is 11.8. The van der Waals surface area contributed by atoms with Gasteiger partial charge in [0.15, 0.2) is 0 Å². The summed E-state index contributed by atoms with van der Waals surface area (Å²) in [5, 5.41) is 6.50. The van der Waals surface area contributed by atoms with Crippen LogP contribution in [0.4, 0.5) is 5.00 Å². The molecular weight excluding hydrogens is 336 g/mol. The topological polar surface area (TPSA) is 67.4 Å². The van der Waals surface area contributed by atoms with Crippen molar-refractivity contribution in [2.45, 2.75) is 33.2 Å². The fourth-order valence-electron chi connectivity index (χ4n) is 2.17. The Labute approximate surface area is 152 Å². The summed E-state index contributed by atoms with van der Waals surface area (Å²) < 4.78 is 5.12. The molecule has 6 heteroatoms. The minimum Gasteiger partial charge on any atom is -0.462 e. The lowest BCUT2D eigenvalue weighted by Gasteiger charge is -2.11. The van der Waals surface area contributed by atoms with Crippen molar-refractivity contribution in [2.24, 2.45) is 0 Å². The van der Waals surface area contributed by atoms with E-state index in [1.807, 2.05) is 37.3 Å². The molecule has 2 N–H and O–H groups in total. The quantitative estimate of drug-likeness (QED) is 0.700. The van der Waals surface area contributed by atoms with E-state index in [0.717, 1.165) is 16.9 Å². The van der Waals surface area contributed by atoms with E-state index >= 15 is 0 Å². The second-order valence-corrected chi connectivity index (χ2v) is 6.73. The number of rotatable bonds is 8. The lowest BCUT2D eigenvalue weighted by molar-refractivity contribution is -0.115. The minimum atomic E-state index is -0.425. The highest BCUT2D eigenvalue weighted by Crippen LogP contribution is 2.35. The Balaban J connectivity index is 2.21. The van der Waals surface area contributed by atoms with Gasteiger partial charge in [-0.25, -0.2) is 4.79 Å². The summed E-state index contributed by atoms with van der Waals surface area (Å²) in [5.74, 6) is -0.599. The van der Waals surface area contributed by atoms with Crippen molar-refractivity contribution in [1.29, 1.82) is 0 Å². The Kier molecular flexibility index (Phi) is 7.16. The Morgan fingerprint density at radius 2 is 1.92 bits per heavy atom. The Bertz CT molecular complexity index is 713. The van der Waals surface area contributed by atoms with Crippen LogP contribution >= 0.6 is 11.3 Å². The third-order valence-corrected chi connectivity index (χ3v) is 4.86. The Morgan fingerprint density at radius 1 is 1.20 bits per heavy atom. The third-order valence-electron chi connectivity index (χ3n) is 3.76. The number of amides is 1. The fraction of sp³-hybridized carbons (Fsp3) is 0.368. The molecule has 0 aliphatic carbocycles. The molecule has 0 aliphatic heterocycles. The molecule has 134 valence electrons. The van der Waals surface area contributed by atoms with E-state index in [2.05, 4.69) is 17.6 Å². The number of anilines is 1. The SMILES string of the molecule is CCOC(=O)c1cc(-c2ccccc2)sc1NC(=O)CNC(C)CC. The average Bonchev–Trinajstić information content (AvgIpc) is 3.04. The van der Waals surface area contributed by atoms with Crippen molar-refractivity contribution in [2.75, 3.05) is 18.5 Å². The van der Waals surface area contributed by atoms with Crippen LogP contribution in [-0.4, -0.2) is 31.1 Å². The molecule has 1 aromatic heterocycles. The summed E-state index contributed by atoms with van der Waals surface area (Å²) in [4.78, 5) is 25.3. The van der Waals surface area contributed by atoms with Gasteiger partial charge in [0.2, 0.25) is 5.91 Å². The number of benzene rings is 1. The molecule has 5 nitrogen and oxygen atoms in total. The zero-order chi connectivity index (χ0) is 18.2. The fourth-order valence-corrected chi connectivity index (χ4v) is 3.24. The van der Waals surface area contributed by atoms with Gasteiger partial charge in [0.05, 0.1) is 18.7 Å². The number of carbonyl (C=O) groups is 2. The van der Waals surface area contributed by atoms with E-state index in [4.69, 9.17) is 4.74 Å². The van der Waals surface area contributed by atoms with Gasteiger partial charge in [-0.2, -0.15) is 0 Å². The highest BCUT2D eigenvalue weighted by atomic mass is 32.1. The lowest BCUT2D eigenvalue weighted by atomic mass is 10.1. The van der Waals surface area contributed by atoms with E-state index < -0.39 is 5.97 Å².